The summed E-state index contributed by atoms with van der Waals surface area (Å²) >= 11 is 0. The molecule has 0 saturated heterocycles. The first-order chi connectivity index (χ1) is 23.3. The largest absolute Gasteiger partial charge is 1.00 e. The van der Waals surface area contributed by atoms with Gasteiger partial charge in [0.2, 0.25) is 0 Å². The Labute approximate surface area is 357 Å². The van der Waals surface area contributed by atoms with Crippen LogP contribution < -0.4 is 59.1 Å². The first-order valence-electron chi connectivity index (χ1n) is 20.6. The van der Waals surface area contributed by atoms with Gasteiger partial charge < -0.3 is 12.3 Å². The molecule has 0 spiro atoms. The van der Waals surface area contributed by atoms with Crippen LogP contribution in [0.3, 0.4) is 0 Å². The zero-order valence-electron chi connectivity index (χ0n) is 35.6. The molecule has 290 valence electrons. The zero-order chi connectivity index (χ0) is 35.4. The normalized spacial score (nSPS) is 11.8. The molecule has 10 heteroatoms. The summed E-state index contributed by atoms with van der Waals surface area (Å²) < 4.78 is 43.3. The maximum absolute atomic E-state index is 12.3. The van der Waals surface area contributed by atoms with Crippen LogP contribution in [0.2, 0.25) is 0 Å². The number of carbonyl (C=O) groups is 2. The molecule has 0 aliphatic carbocycles. The molecule has 0 aliphatic rings. The second kappa shape index (κ2) is 42.6. The average molecular weight is 751 g/mol. The minimum atomic E-state index is -4.77. The number of esters is 2. The monoisotopic (exact) mass is 751 g/mol. The van der Waals surface area contributed by atoms with Gasteiger partial charge in [-0.1, -0.05) is 206 Å². The van der Waals surface area contributed by atoms with Crippen molar-refractivity contribution in [3.05, 3.63) is 0 Å². The molecule has 0 radical (unpaired) electrons. The molecule has 7 nitrogen and oxygen atoms in total. The van der Waals surface area contributed by atoms with Crippen LogP contribution in [0.25, 0.3) is 0 Å². The second-order valence-electron chi connectivity index (χ2n) is 14.2. The van der Waals surface area contributed by atoms with Crippen LogP contribution in [0.4, 0.5) is 0 Å². The van der Waals surface area contributed by atoms with Crippen LogP contribution in [-0.4, -0.2) is 43.4 Å². The van der Waals surface area contributed by atoms with Crippen molar-refractivity contribution >= 4 is 22.1 Å². The Bertz CT molecular complexity index is 839. The molecule has 0 fully saturated rings. The molecule has 0 rings (SSSR count). The molecule has 0 aliphatic heterocycles. The smallest absolute Gasteiger partial charge is 1.00 e. The van der Waals surface area contributed by atoms with E-state index in [0.717, 1.165) is 32.1 Å². The van der Waals surface area contributed by atoms with Crippen LogP contribution in [-0.2, 0) is 29.2 Å². The maximum Gasteiger partial charge on any atom is 1.00 e. The molecule has 0 heterocycles. The van der Waals surface area contributed by atoms with E-state index in [1.807, 2.05) is 0 Å². The summed E-state index contributed by atoms with van der Waals surface area (Å²) in [5.74, 6) is -1.89. The Hall–Kier alpha value is 0.850. The standard InChI is InChI=1S/C40H78O7S.2Na.2H/c1-3-5-7-9-11-13-15-17-19-21-23-25-27-29-31-33-35-46-39(41)37-38(48(43,44)45)40(42)47-36-34-32-30-28-26-24-22-20-18-16-14-12-10-8-6-4-2;;;;/h38H,3-37H2,1-2H3,(H,43,44,45);;;;/q;2*+1;2*-1. The van der Waals surface area contributed by atoms with E-state index in [1.54, 1.807) is 0 Å². The van der Waals surface area contributed by atoms with Gasteiger partial charge in [-0.3, -0.25) is 14.1 Å². The topological polar surface area (TPSA) is 107 Å². The van der Waals surface area contributed by atoms with E-state index < -0.39 is 33.7 Å². The molecule has 0 amide bonds. The van der Waals surface area contributed by atoms with E-state index in [0.29, 0.717) is 12.8 Å². The number of ether oxygens (including phenoxy) is 2. The van der Waals surface area contributed by atoms with E-state index >= 15 is 0 Å². The molecule has 1 atom stereocenters. The minimum absolute atomic E-state index is 0. The summed E-state index contributed by atoms with van der Waals surface area (Å²) in [7, 11) is -4.77. The van der Waals surface area contributed by atoms with Crippen molar-refractivity contribution in [2.24, 2.45) is 0 Å². The number of hydrogen-bond acceptors (Lipinski definition) is 6. The Kier molecular flexibility index (Phi) is 47.0. The van der Waals surface area contributed by atoms with Crippen molar-refractivity contribution in [3.8, 4) is 0 Å². The number of unbranched alkanes of at least 4 members (excludes halogenated alkanes) is 30. The van der Waals surface area contributed by atoms with Crippen LogP contribution in [0.5, 0.6) is 0 Å². The van der Waals surface area contributed by atoms with Crippen molar-refractivity contribution in [1.29, 1.82) is 0 Å². The van der Waals surface area contributed by atoms with Gasteiger partial charge in [0, 0.05) is 0 Å². The molecular weight excluding hydrogens is 670 g/mol. The molecule has 50 heavy (non-hydrogen) atoms. The summed E-state index contributed by atoms with van der Waals surface area (Å²) in [4.78, 5) is 24.5. The van der Waals surface area contributed by atoms with E-state index in [4.69, 9.17) is 9.47 Å². The number of carbonyl (C=O) groups excluding carboxylic acids is 2. The third kappa shape index (κ3) is 40.0. The summed E-state index contributed by atoms with van der Waals surface area (Å²) in [6, 6.07) is 0. The molecule has 0 saturated carbocycles. The SMILES string of the molecule is CCCCCCCCCCCCCCCCCCOC(=O)CC(C(=O)OCCCCCCCCCCCCCCCCCC)S(=O)(=O)O.[H-].[H-].[Na+].[Na+]. The molecule has 1 unspecified atom stereocenters. The van der Waals surface area contributed by atoms with Crippen molar-refractivity contribution < 1.29 is 94.0 Å². The van der Waals surface area contributed by atoms with Gasteiger partial charge in [0.1, 0.15) is 0 Å². The van der Waals surface area contributed by atoms with Gasteiger partial charge in [0.15, 0.2) is 5.25 Å². The molecule has 0 aromatic heterocycles. The van der Waals surface area contributed by atoms with Gasteiger partial charge in [0.25, 0.3) is 10.1 Å². The van der Waals surface area contributed by atoms with Crippen molar-refractivity contribution in [2.45, 2.75) is 231 Å². The zero-order valence-corrected chi connectivity index (χ0v) is 38.4. The number of hydrogen-bond donors (Lipinski definition) is 1. The summed E-state index contributed by atoms with van der Waals surface area (Å²) in [6.07, 6.45) is 39.0. The average Bonchev–Trinajstić information content (AvgIpc) is 3.05. The van der Waals surface area contributed by atoms with Crippen molar-refractivity contribution in [1.82, 2.24) is 0 Å². The van der Waals surface area contributed by atoms with Gasteiger partial charge in [-0.05, 0) is 12.8 Å². The van der Waals surface area contributed by atoms with Gasteiger partial charge in [-0.2, -0.15) is 8.42 Å². The molecule has 0 aromatic carbocycles. The number of rotatable bonds is 38. The fourth-order valence-corrected chi connectivity index (χ4v) is 6.93. The van der Waals surface area contributed by atoms with Crippen LogP contribution in [0, 0.1) is 0 Å². The summed E-state index contributed by atoms with van der Waals surface area (Å²) in [6.45, 7) is 4.78. The van der Waals surface area contributed by atoms with Gasteiger partial charge in [0.05, 0.1) is 19.6 Å². The Balaban J connectivity index is -0.00000184. The predicted molar refractivity (Wildman–Crippen MR) is 203 cm³/mol. The van der Waals surface area contributed by atoms with E-state index in [2.05, 4.69) is 13.8 Å². The Morgan fingerprint density at radius 2 is 0.700 bits per heavy atom. The third-order valence-electron chi connectivity index (χ3n) is 9.48. The molecule has 0 bridgehead atoms. The predicted octanol–water partition coefficient (Wildman–Crippen LogP) is 6.48. The summed E-state index contributed by atoms with van der Waals surface area (Å²) in [5, 5.41) is -1.93. The van der Waals surface area contributed by atoms with Gasteiger partial charge in [-0.25, -0.2) is 0 Å². The van der Waals surface area contributed by atoms with E-state index in [-0.39, 0.29) is 75.2 Å². The van der Waals surface area contributed by atoms with Gasteiger partial charge in [-0.15, -0.1) is 0 Å². The second-order valence-corrected chi connectivity index (χ2v) is 15.8. The summed E-state index contributed by atoms with van der Waals surface area (Å²) in [5.41, 5.74) is 0. The van der Waals surface area contributed by atoms with Crippen LogP contribution >= 0.6 is 0 Å². The van der Waals surface area contributed by atoms with Gasteiger partial charge >= 0.3 is 71.1 Å². The fourth-order valence-electron chi connectivity index (χ4n) is 6.27. The molecule has 0 aromatic rings. The first-order valence-corrected chi connectivity index (χ1v) is 22.1. The third-order valence-corrected chi connectivity index (χ3v) is 10.6. The Morgan fingerprint density at radius 3 is 0.960 bits per heavy atom. The van der Waals surface area contributed by atoms with E-state index in [9.17, 15) is 22.6 Å². The maximum atomic E-state index is 12.3. The van der Waals surface area contributed by atoms with Crippen LogP contribution in [0.15, 0.2) is 0 Å². The van der Waals surface area contributed by atoms with Crippen LogP contribution in [0.1, 0.15) is 229 Å². The van der Waals surface area contributed by atoms with E-state index in [1.165, 1.54) is 161 Å². The minimum Gasteiger partial charge on any atom is -1.00 e. The quantitative estimate of drug-likeness (QED) is 0.0334. The Morgan fingerprint density at radius 1 is 0.460 bits per heavy atom. The fraction of sp³-hybridized carbons (Fsp3) is 0.950. The van der Waals surface area contributed by atoms with Crippen molar-refractivity contribution in [3.63, 3.8) is 0 Å². The molecule has 1 N–H and O–H groups in total. The molecular formula is C40H80Na2O7S. The van der Waals surface area contributed by atoms with Crippen molar-refractivity contribution in [2.75, 3.05) is 13.2 Å². The first kappa shape index (κ1) is 55.2.